The number of likely N-dealkylation sites (tertiary alicyclic amines) is 1. The quantitative estimate of drug-likeness (QED) is 0.699. The van der Waals surface area contributed by atoms with Gasteiger partial charge in [-0.3, -0.25) is 14.2 Å². The number of fused-ring (bicyclic) bond motifs is 1. The van der Waals surface area contributed by atoms with Crippen LogP contribution in [-0.4, -0.2) is 49.4 Å². The Bertz CT molecular complexity index is 1060. The molecule has 1 amide bonds. The summed E-state index contributed by atoms with van der Waals surface area (Å²) < 4.78 is 40.3. The zero-order chi connectivity index (χ0) is 19.2. The van der Waals surface area contributed by atoms with Gasteiger partial charge in [0.15, 0.2) is 5.65 Å². The highest BCUT2D eigenvalue weighted by atomic mass is 19.4. The van der Waals surface area contributed by atoms with Crippen molar-refractivity contribution in [3.05, 3.63) is 53.2 Å². The minimum Gasteiger partial charge on any atom is -0.332 e. The van der Waals surface area contributed by atoms with Gasteiger partial charge >= 0.3 is 6.18 Å². The summed E-state index contributed by atoms with van der Waals surface area (Å²) in [6.07, 6.45) is -1.81. The maximum absolute atomic E-state index is 12.8. The van der Waals surface area contributed by atoms with Gasteiger partial charge in [-0.1, -0.05) is 18.2 Å². The predicted molar refractivity (Wildman–Crippen MR) is 89.4 cm³/mol. The molecule has 1 aromatic carbocycles. The number of carbonyl (C=O) groups excluding carboxylic acids is 1. The topological polar surface area (TPSA) is 73.0 Å². The van der Waals surface area contributed by atoms with Gasteiger partial charge in [0, 0.05) is 6.54 Å². The van der Waals surface area contributed by atoms with Crippen LogP contribution in [0.3, 0.4) is 0 Å². The van der Waals surface area contributed by atoms with Crippen molar-refractivity contribution in [1.82, 2.24) is 24.2 Å². The maximum Gasteiger partial charge on any atom is 0.406 e. The lowest BCUT2D eigenvalue weighted by atomic mass is 10.2. The summed E-state index contributed by atoms with van der Waals surface area (Å²) in [5.41, 5.74) is 0.528. The van der Waals surface area contributed by atoms with E-state index in [4.69, 9.17) is 0 Å². The molecule has 1 aliphatic heterocycles. The van der Waals surface area contributed by atoms with Crippen LogP contribution in [0, 0.1) is 0 Å². The Morgan fingerprint density at radius 1 is 1.15 bits per heavy atom. The molecule has 3 aromatic rings. The summed E-state index contributed by atoms with van der Waals surface area (Å²) in [6.45, 7) is -1.38. The predicted octanol–water partition coefficient (Wildman–Crippen LogP) is 1.92. The number of hydrogen-bond acceptors (Lipinski definition) is 4. The molecular weight excluding hydrogens is 363 g/mol. The first-order valence-corrected chi connectivity index (χ1v) is 8.21. The van der Waals surface area contributed by atoms with Crippen molar-refractivity contribution in [2.24, 2.45) is 0 Å². The van der Waals surface area contributed by atoms with Crippen molar-refractivity contribution in [3.63, 3.8) is 0 Å². The second-order valence-corrected chi connectivity index (χ2v) is 6.27. The number of para-hydroxylation sites is 1. The molecule has 0 saturated carbocycles. The van der Waals surface area contributed by atoms with Crippen LogP contribution in [0.5, 0.6) is 0 Å². The van der Waals surface area contributed by atoms with Crippen molar-refractivity contribution in [1.29, 1.82) is 0 Å². The average Bonchev–Trinajstić information content (AvgIpc) is 3.20. The molecule has 0 bridgehead atoms. The Morgan fingerprint density at radius 3 is 2.59 bits per heavy atom. The van der Waals surface area contributed by atoms with E-state index < -0.39 is 30.2 Å². The van der Waals surface area contributed by atoms with Crippen molar-refractivity contribution < 1.29 is 18.0 Å². The monoisotopic (exact) mass is 377 g/mol. The van der Waals surface area contributed by atoms with Gasteiger partial charge in [0.2, 0.25) is 5.91 Å². The van der Waals surface area contributed by atoms with Crippen molar-refractivity contribution in [2.45, 2.75) is 18.6 Å². The summed E-state index contributed by atoms with van der Waals surface area (Å²) in [6, 6.07) is 8.09. The van der Waals surface area contributed by atoms with E-state index in [9.17, 15) is 22.8 Å². The van der Waals surface area contributed by atoms with Crippen molar-refractivity contribution in [3.8, 4) is 5.69 Å². The Kier molecular flexibility index (Phi) is 3.97. The number of benzene rings is 1. The fourth-order valence-electron chi connectivity index (χ4n) is 3.26. The van der Waals surface area contributed by atoms with E-state index in [1.807, 2.05) is 18.2 Å². The van der Waals surface area contributed by atoms with E-state index in [-0.39, 0.29) is 18.4 Å². The van der Waals surface area contributed by atoms with E-state index in [0.29, 0.717) is 16.2 Å². The molecule has 7 nitrogen and oxygen atoms in total. The molecule has 0 spiro atoms. The van der Waals surface area contributed by atoms with Crippen molar-refractivity contribution >= 4 is 16.9 Å². The van der Waals surface area contributed by atoms with Crippen LogP contribution in [0.1, 0.15) is 12.5 Å². The Morgan fingerprint density at radius 2 is 1.89 bits per heavy atom. The molecule has 2 aromatic heterocycles. The third kappa shape index (κ3) is 3.07. The fraction of sp³-hybridized carbons (Fsp3) is 0.294. The highest BCUT2D eigenvalue weighted by Crippen LogP contribution is 2.26. The first kappa shape index (κ1) is 17.3. The molecule has 0 radical (unpaired) electrons. The number of alkyl halides is 3. The van der Waals surface area contributed by atoms with Crippen LogP contribution in [0.4, 0.5) is 13.2 Å². The number of hydrogen-bond donors (Lipinski definition) is 0. The molecule has 1 atom stereocenters. The lowest BCUT2D eigenvalue weighted by Crippen LogP contribution is -2.38. The molecule has 3 heterocycles. The highest BCUT2D eigenvalue weighted by Gasteiger charge is 2.40. The zero-order valence-corrected chi connectivity index (χ0v) is 13.9. The van der Waals surface area contributed by atoms with E-state index in [1.165, 1.54) is 17.2 Å². The zero-order valence-electron chi connectivity index (χ0n) is 13.9. The SMILES string of the molecule is O=C1C(n2cnc3c(cnn3-c3ccccc3)c2=O)CCN1CC(F)(F)F. The maximum atomic E-state index is 12.8. The van der Waals surface area contributed by atoms with Crippen LogP contribution in [0.25, 0.3) is 16.7 Å². The molecule has 1 fully saturated rings. The summed E-state index contributed by atoms with van der Waals surface area (Å²) in [7, 11) is 0. The summed E-state index contributed by atoms with van der Waals surface area (Å²) in [4.78, 5) is 30.0. The molecule has 140 valence electrons. The Labute approximate surface area is 150 Å². The molecule has 10 heteroatoms. The lowest BCUT2D eigenvalue weighted by Gasteiger charge is -2.18. The molecule has 1 aliphatic rings. The number of nitrogens with zero attached hydrogens (tertiary/aromatic N) is 5. The van der Waals surface area contributed by atoms with Crippen LogP contribution in [-0.2, 0) is 4.79 Å². The van der Waals surface area contributed by atoms with E-state index in [0.717, 1.165) is 4.57 Å². The second kappa shape index (κ2) is 6.22. The molecular formula is C17H14F3N5O2. The highest BCUT2D eigenvalue weighted by molar-refractivity contribution is 5.83. The Balaban J connectivity index is 1.70. The van der Waals surface area contributed by atoms with Gasteiger partial charge in [-0.15, -0.1) is 0 Å². The molecule has 1 unspecified atom stereocenters. The number of amides is 1. The number of rotatable bonds is 3. The third-order valence-electron chi connectivity index (χ3n) is 4.49. The van der Waals surface area contributed by atoms with Gasteiger partial charge in [0.25, 0.3) is 5.56 Å². The number of carbonyl (C=O) groups is 1. The van der Waals surface area contributed by atoms with Crippen LogP contribution < -0.4 is 5.56 Å². The van der Waals surface area contributed by atoms with E-state index in [2.05, 4.69) is 10.1 Å². The Hall–Kier alpha value is -3.17. The summed E-state index contributed by atoms with van der Waals surface area (Å²) in [5.74, 6) is -0.731. The molecule has 0 aliphatic carbocycles. The van der Waals surface area contributed by atoms with Crippen LogP contribution in [0.2, 0.25) is 0 Å². The van der Waals surface area contributed by atoms with Crippen LogP contribution >= 0.6 is 0 Å². The first-order valence-electron chi connectivity index (χ1n) is 8.21. The van der Waals surface area contributed by atoms with Gasteiger partial charge in [0.1, 0.15) is 24.3 Å². The van der Waals surface area contributed by atoms with Crippen LogP contribution in [0.15, 0.2) is 47.7 Å². The van der Waals surface area contributed by atoms with E-state index >= 15 is 0 Å². The summed E-state index contributed by atoms with van der Waals surface area (Å²) in [5, 5.41) is 4.37. The smallest absolute Gasteiger partial charge is 0.332 e. The minimum absolute atomic E-state index is 0.0588. The fourth-order valence-corrected chi connectivity index (χ4v) is 3.26. The minimum atomic E-state index is -4.48. The average molecular weight is 377 g/mol. The largest absolute Gasteiger partial charge is 0.406 e. The van der Waals surface area contributed by atoms with Gasteiger partial charge in [0.05, 0.1) is 11.9 Å². The first-order chi connectivity index (χ1) is 12.8. The van der Waals surface area contributed by atoms with Gasteiger partial charge in [-0.05, 0) is 18.6 Å². The number of aromatic nitrogens is 4. The number of halogens is 3. The lowest BCUT2D eigenvalue weighted by molar-refractivity contribution is -0.158. The normalized spacial score (nSPS) is 17.8. The van der Waals surface area contributed by atoms with Gasteiger partial charge < -0.3 is 4.90 Å². The van der Waals surface area contributed by atoms with Gasteiger partial charge in [-0.2, -0.15) is 18.3 Å². The standard InChI is InChI=1S/C17H14F3N5O2/c18-17(19,20)9-23-7-6-13(16(23)27)24-10-21-14-12(15(24)26)8-22-25(14)11-4-2-1-3-5-11/h1-5,8,10,13H,6-7,9H2. The van der Waals surface area contributed by atoms with E-state index in [1.54, 1.807) is 12.1 Å². The van der Waals surface area contributed by atoms with Crippen molar-refractivity contribution in [2.75, 3.05) is 13.1 Å². The summed E-state index contributed by atoms with van der Waals surface area (Å²) >= 11 is 0. The second-order valence-electron chi connectivity index (χ2n) is 6.27. The third-order valence-corrected chi connectivity index (χ3v) is 4.49. The molecule has 0 N–H and O–H groups in total. The molecule has 4 rings (SSSR count). The van der Waals surface area contributed by atoms with Gasteiger partial charge in [-0.25, -0.2) is 9.67 Å². The molecule has 27 heavy (non-hydrogen) atoms. The molecule has 1 saturated heterocycles.